The number of aromatic nitrogens is 2. The van der Waals surface area contributed by atoms with E-state index in [1.165, 1.54) is 6.07 Å². The molecule has 3 nitrogen and oxygen atoms in total. The third kappa shape index (κ3) is 3.07. The highest BCUT2D eigenvalue weighted by Gasteiger charge is 2.17. The Balaban J connectivity index is 2.34. The zero-order chi connectivity index (χ0) is 13.8. The van der Waals surface area contributed by atoms with Gasteiger partial charge in [0.25, 0.3) is 0 Å². The summed E-state index contributed by atoms with van der Waals surface area (Å²) in [6.07, 6.45) is 0.810. The van der Waals surface area contributed by atoms with Crippen molar-refractivity contribution in [3.8, 4) is 0 Å². The van der Waals surface area contributed by atoms with Crippen LogP contribution in [-0.4, -0.2) is 22.8 Å². The summed E-state index contributed by atoms with van der Waals surface area (Å²) in [4.78, 5) is 4.42. The third-order valence-corrected chi connectivity index (χ3v) is 3.17. The van der Waals surface area contributed by atoms with Gasteiger partial charge in [0.1, 0.15) is 17.2 Å². The molecule has 0 fully saturated rings. The molecule has 0 spiro atoms. The maximum Gasteiger partial charge on any atom is 0.149 e. The van der Waals surface area contributed by atoms with Crippen molar-refractivity contribution in [2.45, 2.75) is 32.2 Å². The first kappa shape index (κ1) is 14.3. The van der Waals surface area contributed by atoms with Crippen LogP contribution in [0.1, 0.15) is 31.5 Å². The monoisotopic (exact) mass is 284 g/mol. The molecule has 0 radical (unpaired) electrons. The lowest BCUT2D eigenvalue weighted by Gasteiger charge is -2.10. The SMILES string of the molecule is CCOCCCn1c(C(C)Cl)nc2cccc(F)c21. The second-order valence-electron chi connectivity index (χ2n) is 4.40. The van der Waals surface area contributed by atoms with Gasteiger partial charge in [0.05, 0.1) is 10.9 Å². The molecule has 1 heterocycles. The molecule has 0 aliphatic carbocycles. The summed E-state index contributed by atoms with van der Waals surface area (Å²) in [5, 5.41) is -0.251. The summed E-state index contributed by atoms with van der Waals surface area (Å²) in [5.74, 6) is 0.447. The number of alkyl halides is 1. The Hall–Kier alpha value is -1.13. The van der Waals surface area contributed by atoms with Gasteiger partial charge in [-0.2, -0.15) is 0 Å². The van der Waals surface area contributed by atoms with Gasteiger partial charge in [0, 0.05) is 19.8 Å². The Labute approximate surface area is 117 Å². The van der Waals surface area contributed by atoms with E-state index in [1.807, 2.05) is 18.4 Å². The average molecular weight is 285 g/mol. The fourth-order valence-corrected chi connectivity index (χ4v) is 2.33. The van der Waals surface area contributed by atoms with E-state index in [4.69, 9.17) is 16.3 Å². The number of rotatable bonds is 6. The van der Waals surface area contributed by atoms with Gasteiger partial charge in [-0.3, -0.25) is 0 Å². The maximum absolute atomic E-state index is 14.0. The number of benzene rings is 1. The molecule has 2 rings (SSSR count). The second kappa shape index (κ2) is 6.35. The van der Waals surface area contributed by atoms with Crippen molar-refractivity contribution in [2.75, 3.05) is 13.2 Å². The van der Waals surface area contributed by atoms with E-state index in [2.05, 4.69) is 4.98 Å². The zero-order valence-corrected chi connectivity index (χ0v) is 12.0. The fourth-order valence-electron chi connectivity index (χ4n) is 2.16. The standard InChI is InChI=1S/C14H18ClFN2O/c1-3-19-9-5-8-18-13-11(16)6-4-7-12(13)17-14(18)10(2)15/h4,6-7,10H,3,5,8-9H2,1-2H3. The number of imidazole rings is 1. The normalized spacial score (nSPS) is 13.1. The summed E-state index contributed by atoms with van der Waals surface area (Å²) >= 11 is 6.14. The summed E-state index contributed by atoms with van der Waals surface area (Å²) in [6, 6.07) is 4.92. The first-order chi connectivity index (χ1) is 9.15. The van der Waals surface area contributed by atoms with E-state index in [0.717, 1.165) is 6.42 Å². The number of nitrogens with zero attached hydrogens (tertiary/aromatic N) is 2. The fraction of sp³-hybridized carbons (Fsp3) is 0.500. The molecule has 1 aromatic heterocycles. The lowest BCUT2D eigenvalue weighted by atomic mass is 10.3. The number of aryl methyl sites for hydroxylation is 1. The summed E-state index contributed by atoms with van der Waals surface area (Å²) < 4.78 is 21.1. The van der Waals surface area contributed by atoms with Crippen molar-refractivity contribution in [1.29, 1.82) is 0 Å². The highest BCUT2D eigenvalue weighted by atomic mass is 35.5. The van der Waals surface area contributed by atoms with Crippen molar-refractivity contribution in [1.82, 2.24) is 9.55 Å². The van der Waals surface area contributed by atoms with Crippen LogP contribution in [0.5, 0.6) is 0 Å². The van der Waals surface area contributed by atoms with Gasteiger partial charge in [-0.1, -0.05) is 6.07 Å². The predicted molar refractivity (Wildman–Crippen MR) is 75.1 cm³/mol. The van der Waals surface area contributed by atoms with Crippen LogP contribution >= 0.6 is 11.6 Å². The smallest absolute Gasteiger partial charge is 0.149 e. The quantitative estimate of drug-likeness (QED) is 0.594. The van der Waals surface area contributed by atoms with Gasteiger partial charge < -0.3 is 9.30 Å². The van der Waals surface area contributed by atoms with Gasteiger partial charge in [-0.05, 0) is 32.4 Å². The molecular weight excluding hydrogens is 267 g/mol. The Morgan fingerprint density at radius 3 is 2.95 bits per heavy atom. The van der Waals surface area contributed by atoms with Gasteiger partial charge >= 0.3 is 0 Å². The van der Waals surface area contributed by atoms with E-state index in [0.29, 0.717) is 36.6 Å². The maximum atomic E-state index is 14.0. The Kier molecular flexibility index (Phi) is 4.77. The minimum Gasteiger partial charge on any atom is -0.382 e. The van der Waals surface area contributed by atoms with Gasteiger partial charge in [-0.15, -0.1) is 11.6 Å². The van der Waals surface area contributed by atoms with Crippen LogP contribution < -0.4 is 0 Å². The Bertz CT molecular complexity index is 554. The molecule has 0 amide bonds. The molecule has 0 bridgehead atoms. The molecule has 1 unspecified atom stereocenters. The highest BCUT2D eigenvalue weighted by Crippen LogP contribution is 2.26. The Morgan fingerprint density at radius 2 is 2.26 bits per heavy atom. The van der Waals surface area contributed by atoms with E-state index in [-0.39, 0.29) is 11.2 Å². The first-order valence-electron chi connectivity index (χ1n) is 6.51. The van der Waals surface area contributed by atoms with Crippen LogP contribution in [0, 0.1) is 5.82 Å². The van der Waals surface area contributed by atoms with E-state index < -0.39 is 0 Å². The lowest BCUT2D eigenvalue weighted by Crippen LogP contribution is -2.08. The molecule has 0 N–H and O–H groups in total. The molecule has 1 atom stereocenters. The summed E-state index contributed by atoms with van der Waals surface area (Å²) in [7, 11) is 0. The van der Waals surface area contributed by atoms with E-state index >= 15 is 0 Å². The summed E-state index contributed by atoms with van der Waals surface area (Å²) in [6.45, 7) is 5.81. The molecule has 0 saturated heterocycles. The Morgan fingerprint density at radius 1 is 1.47 bits per heavy atom. The van der Waals surface area contributed by atoms with Crippen molar-refractivity contribution in [2.24, 2.45) is 0 Å². The van der Waals surface area contributed by atoms with Gasteiger partial charge in [0.2, 0.25) is 0 Å². The molecule has 2 aromatic rings. The first-order valence-corrected chi connectivity index (χ1v) is 6.95. The van der Waals surface area contributed by atoms with Crippen LogP contribution in [0.2, 0.25) is 0 Å². The predicted octanol–water partition coefficient (Wildman–Crippen LogP) is 3.90. The largest absolute Gasteiger partial charge is 0.382 e. The number of para-hydroxylation sites is 1. The van der Waals surface area contributed by atoms with Crippen LogP contribution in [0.3, 0.4) is 0 Å². The number of hydrogen-bond donors (Lipinski definition) is 0. The van der Waals surface area contributed by atoms with Gasteiger partial charge in [-0.25, -0.2) is 9.37 Å². The van der Waals surface area contributed by atoms with E-state index in [9.17, 15) is 4.39 Å². The van der Waals surface area contributed by atoms with Crippen LogP contribution in [0.25, 0.3) is 11.0 Å². The van der Waals surface area contributed by atoms with Crippen LogP contribution in [0.4, 0.5) is 4.39 Å². The molecule has 0 aliphatic heterocycles. The minimum absolute atomic E-state index is 0.251. The molecule has 5 heteroatoms. The van der Waals surface area contributed by atoms with Crippen LogP contribution in [-0.2, 0) is 11.3 Å². The van der Waals surface area contributed by atoms with Crippen molar-refractivity contribution in [3.05, 3.63) is 29.8 Å². The molecule has 0 aliphatic rings. The number of fused-ring (bicyclic) bond motifs is 1. The number of hydrogen-bond acceptors (Lipinski definition) is 2. The van der Waals surface area contributed by atoms with Crippen molar-refractivity contribution >= 4 is 22.6 Å². The topological polar surface area (TPSA) is 27.1 Å². The summed E-state index contributed by atoms with van der Waals surface area (Å²) in [5.41, 5.74) is 1.18. The number of ether oxygens (including phenoxy) is 1. The lowest BCUT2D eigenvalue weighted by molar-refractivity contribution is 0.141. The second-order valence-corrected chi connectivity index (χ2v) is 5.05. The van der Waals surface area contributed by atoms with E-state index in [1.54, 1.807) is 12.1 Å². The highest BCUT2D eigenvalue weighted by molar-refractivity contribution is 6.20. The van der Waals surface area contributed by atoms with Gasteiger partial charge in [0.15, 0.2) is 0 Å². The minimum atomic E-state index is -0.259. The average Bonchev–Trinajstić information content (AvgIpc) is 2.75. The van der Waals surface area contributed by atoms with Crippen LogP contribution in [0.15, 0.2) is 18.2 Å². The molecule has 1 aromatic carbocycles. The van der Waals surface area contributed by atoms with Crippen molar-refractivity contribution in [3.63, 3.8) is 0 Å². The number of halogens is 2. The third-order valence-electron chi connectivity index (χ3n) is 2.98. The molecule has 0 saturated carbocycles. The van der Waals surface area contributed by atoms with Crippen molar-refractivity contribution < 1.29 is 9.13 Å². The molecular formula is C14H18ClFN2O. The molecule has 19 heavy (non-hydrogen) atoms. The molecule has 104 valence electrons. The zero-order valence-electron chi connectivity index (χ0n) is 11.2.